The van der Waals surface area contributed by atoms with Crippen molar-refractivity contribution in [1.29, 1.82) is 0 Å². The highest BCUT2D eigenvalue weighted by atomic mass is 32.1. The van der Waals surface area contributed by atoms with Crippen molar-refractivity contribution in [1.82, 2.24) is 15.2 Å². The van der Waals surface area contributed by atoms with Gasteiger partial charge in [0.2, 0.25) is 5.91 Å². The molecule has 12 heteroatoms. The summed E-state index contributed by atoms with van der Waals surface area (Å²) in [6, 6.07) is 17.4. The highest BCUT2D eigenvalue weighted by Gasteiger charge is 2.25. The summed E-state index contributed by atoms with van der Waals surface area (Å²) in [5, 5.41) is 18.1. The van der Waals surface area contributed by atoms with Crippen LogP contribution in [0, 0.1) is 12.7 Å². The summed E-state index contributed by atoms with van der Waals surface area (Å²) in [6.07, 6.45) is 3.86. The third kappa shape index (κ3) is 8.27. The number of urea groups is 1. The molecule has 0 saturated carbocycles. The number of halogens is 1. The Kier molecular flexibility index (Phi) is 9.97. The molecule has 0 bridgehead atoms. The SMILES string of the molecule is Cc1c[n+]2cc(CNC(=O)[C@H](Cc3ccc(O)cc3)NC(=O)Nc3ccc(C(=O)OC(C)C)cc3)n(Cc3ccc(F)cc3)c2s1. The molecule has 5 aromatic rings. The summed E-state index contributed by atoms with van der Waals surface area (Å²) in [6.45, 7) is 6.19. The highest BCUT2D eigenvalue weighted by molar-refractivity contribution is 7.16. The number of hydrogen-bond donors (Lipinski definition) is 4. The molecule has 0 unspecified atom stereocenters. The Bertz CT molecular complexity index is 1830. The zero-order valence-electron chi connectivity index (χ0n) is 25.6. The van der Waals surface area contributed by atoms with Gasteiger partial charge in [0.15, 0.2) is 5.69 Å². The molecule has 0 spiro atoms. The van der Waals surface area contributed by atoms with Gasteiger partial charge in [0.25, 0.3) is 0 Å². The van der Waals surface area contributed by atoms with Crippen molar-refractivity contribution in [3.63, 3.8) is 0 Å². The number of aromatic nitrogens is 2. The summed E-state index contributed by atoms with van der Waals surface area (Å²) in [5.41, 5.74) is 3.24. The number of aryl methyl sites for hydroxylation is 1. The number of carbonyl (C=O) groups excluding carboxylic acids is 3. The maximum Gasteiger partial charge on any atom is 0.346 e. The molecule has 0 aliphatic heterocycles. The number of fused-ring (bicyclic) bond motifs is 1. The van der Waals surface area contributed by atoms with Crippen LogP contribution in [-0.4, -0.2) is 39.7 Å². The van der Waals surface area contributed by atoms with E-state index in [4.69, 9.17) is 4.74 Å². The molecule has 2 heterocycles. The van der Waals surface area contributed by atoms with E-state index in [0.717, 1.165) is 26.7 Å². The Balaban J connectivity index is 1.30. The molecule has 0 aliphatic carbocycles. The number of ether oxygens (including phenoxy) is 1. The van der Waals surface area contributed by atoms with Gasteiger partial charge in [-0.2, -0.15) is 4.40 Å². The van der Waals surface area contributed by atoms with Crippen molar-refractivity contribution < 1.29 is 33.0 Å². The highest BCUT2D eigenvalue weighted by Crippen LogP contribution is 2.19. The van der Waals surface area contributed by atoms with Gasteiger partial charge in [0.05, 0.1) is 18.2 Å². The number of hydrogen-bond acceptors (Lipinski definition) is 6. The summed E-state index contributed by atoms with van der Waals surface area (Å²) in [4.78, 5) is 40.9. The molecule has 5 rings (SSSR count). The fraction of sp³-hybridized carbons (Fsp3) is 0.235. The Morgan fingerprint density at radius 3 is 2.30 bits per heavy atom. The van der Waals surface area contributed by atoms with Crippen LogP contribution in [0.15, 0.2) is 85.2 Å². The maximum atomic E-state index is 13.6. The number of thiazole rings is 1. The third-order valence-electron chi connectivity index (χ3n) is 7.08. The molecule has 3 aromatic carbocycles. The van der Waals surface area contributed by atoms with E-state index in [2.05, 4.69) is 20.5 Å². The van der Waals surface area contributed by atoms with Crippen molar-refractivity contribution in [2.24, 2.45) is 0 Å². The molecule has 238 valence electrons. The zero-order chi connectivity index (χ0) is 32.8. The van der Waals surface area contributed by atoms with Gasteiger partial charge in [-0.3, -0.25) is 4.79 Å². The largest absolute Gasteiger partial charge is 0.508 e. The second-order valence-electron chi connectivity index (χ2n) is 11.1. The number of amides is 3. The van der Waals surface area contributed by atoms with Crippen molar-refractivity contribution in [3.05, 3.63) is 118 Å². The number of nitrogens with zero attached hydrogens (tertiary/aromatic N) is 2. The van der Waals surface area contributed by atoms with Gasteiger partial charge in [-0.1, -0.05) is 35.6 Å². The van der Waals surface area contributed by atoms with E-state index in [1.54, 1.807) is 73.7 Å². The summed E-state index contributed by atoms with van der Waals surface area (Å²) in [5.74, 6) is -1.09. The predicted octanol–water partition coefficient (Wildman–Crippen LogP) is 5.10. The van der Waals surface area contributed by atoms with E-state index in [9.17, 15) is 23.9 Å². The van der Waals surface area contributed by atoms with Crippen LogP contribution in [0.25, 0.3) is 4.96 Å². The Hall–Kier alpha value is -5.23. The fourth-order valence-corrected chi connectivity index (χ4v) is 5.83. The van der Waals surface area contributed by atoms with E-state index in [-0.39, 0.29) is 30.6 Å². The number of phenolic OH excluding ortho intramolecular Hbond substituents is 1. The van der Waals surface area contributed by atoms with E-state index >= 15 is 0 Å². The maximum absolute atomic E-state index is 13.6. The fourth-order valence-electron chi connectivity index (χ4n) is 4.87. The van der Waals surface area contributed by atoms with Crippen LogP contribution >= 0.6 is 11.3 Å². The van der Waals surface area contributed by atoms with E-state index < -0.39 is 23.9 Å². The van der Waals surface area contributed by atoms with Crippen LogP contribution in [0.2, 0.25) is 0 Å². The first-order valence-electron chi connectivity index (χ1n) is 14.7. The topological polar surface area (TPSA) is 126 Å². The molecule has 1 atom stereocenters. The number of nitrogens with one attached hydrogen (secondary N) is 3. The number of phenols is 1. The van der Waals surface area contributed by atoms with Crippen molar-refractivity contribution in [2.45, 2.75) is 52.4 Å². The number of carbonyl (C=O) groups is 3. The van der Waals surface area contributed by atoms with Gasteiger partial charge >= 0.3 is 17.0 Å². The second kappa shape index (κ2) is 14.2. The lowest BCUT2D eigenvalue weighted by molar-refractivity contribution is -0.506. The molecule has 10 nitrogen and oxygen atoms in total. The average molecular weight is 645 g/mol. The van der Waals surface area contributed by atoms with Crippen LogP contribution in [0.5, 0.6) is 5.75 Å². The number of anilines is 1. The molecule has 0 aliphatic rings. The van der Waals surface area contributed by atoms with Crippen LogP contribution in [0.1, 0.15) is 45.9 Å². The molecule has 46 heavy (non-hydrogen) atoms. The number of benzene rings is 3. The van der Waals surface area contributed by atoms with Crippen LogP contribution in [0.3, 0.4) is 0 Å². The lowest BCUT2D eigenvalue weighted by Gasteiger charge is -2.19. The normalized spacial score (nSPS) is 11.8. The minimum Gasteiger partial charge on any atom is -0.508 e. The number of esters is 1. The standard InChI is InChI=1S/C34H34FN5O5S/c1-21(2)45-32(43)25-8-12-27(13-9-25)37-33(44)38-30(16-23-6-14-29(41)15-7-23)31(42)36-17-28-20-39-18-22(3)46-34(39)40(28)19-24-4-10-26(35)11-5-24/h4-15,18,20-21,30H,16-17,19H2,1-3H3,(H3-,36,37,38,41,42,43,44)/p+1/t30-/m0/s1. The Morgan fingerprint density at radius 1 is 0.957 bits per heavy atom. The Morgan fingerprint density at radius 2 is 1.63 bits per heavy atom. The molecule has 0 radical (unpaired) electrons. The van der Waals surface area contributed by atoms with Crippen molar-refractivity contribution in [3.8, 4) is 5.75 Å². The monoisotopic (exact) mass is 644 g/mol. The minimum absolute atomic E-state index is 0.0887. The predicted molar refractivity (Wildman–Crippen MR) is 172 cm³/mol. The molecule has 4 N–H and O–H groups in total. The molecule has 3 amide bonds. The lowest BCUT2D eigenvalue weighted by atomic mass is 10.0. The van der Waals surface area contributed by atoms with Gasteiger partial charge in [0.1, 0.15) is 36.5 Å². The van der Waals surface area contributed by atoms with E-state index in [1.807, 2.05) is 23.7 Å². The first-order chi connectivity index (χ1) is 22.0. The van der Waals surface area contributed by atoms with Crippen LogP contribution in [-0.2, 0) is 29.0 Å². The molecule has 0 saturated heterocycles. The van der Waals surface area contributed by atoms with Gasteiger partial charge in [-0.25, -0.2) is 18.5 Å². The van der Waals surface area contributed by atoms with Crippen molar-refractivity contribution >= 4 is 39.9 Å². The Labute approximate surface area is 269 Å². The first-order valence-corrected chi connectivity index (χ1v) is 15.5. The van der Waals surface area contributed by atoms with E-state index in [1.165, 1.54) is 24.3 Å². The molecular weight excluding hydrogens is 609 g/mol. The number of imidazole rings is 1. The van der Waals surface area contributed by atoms with Gasteiger partial charge < -0.3 is 25.8 Å². The third-order valence-corrected chi connectivity index (χ3v) is 8.12. The van der Waals surface area contributed by atoms with Gasteiger partial charge in [-0.05, 0) is 80.4 Å². The quantitative estimate of drug-likeness (QED) is 0.118. The number of rotatable bonds is 11. The van der Waals surface area contributed by atoms with Crippen molar-refractivity contribution in [2.75, 3.05) is 5.32 Å². The van der Waals surface area contributed by atoms with Crippen LogP contribution < -0.4 is 20.4 Å². The number of aromatic hydroxyl groups is 1. The zero-order valence-corrected chi connectivity index (χ0v) is 26.4. The average Bonchev–Trinajstić information content (AvgIpc) is 3.53. The van der Waals surface area contributed by atoms with Gasteiger partial charge in [0, 0.05) is 17.0 Å². The molecule has 0 fully saturated rings. The van der Waals surface area contributed by atoms with E-state index in [0.29, 0.717) is 17.8 Å². The van der Waals surface area contributed by atoms with Crippen LogP contribution in [0.4, 0.5) is 14.9 Å². The summed E-state index contributed by atoms with van der Waals surface area (Å²) < 4.78 is 22.8. The molecule has 2 aromatic heterocycles. The molecular formula is C34H35FN5O5S+. The van der Waals surface area contributed by atoms with Gasteiger partial charge in [-0.15, -0.1) is 0 Å². The minimum atomic E-state index is -0.957. The second-order valence-corrected chi connectivity index (χ2v) is 12.3. The summed E-state index contributed by atoms with van der Waals surface area (Å²) in [7, 11) is 0. The first kappa shape index (κ1) is 32.2. The summed E-state index contributed by atoms with van der Waals surface area (Å²) >= 11 is 1.61. The smallest absolute Gasteiger partial charge is 0.346 e. The lowest BCUT2D eigenvalue weighted by Crippen LogP contribution is -2.49.